The number of ether oxygens (including phenoxy) is 1. The van der Waals surface area contributed by atoms with Gasteiger partial charge >= 0.3 is 0 Å². The summed E-state index contributed by atoms with van der Waals surface area (Å²) in [7, 11) is -0.979. The van der Waals surface area contributed by atoms with Crippen LogP contribution in [0, 0.1) is 0 Å². The molecule has 0 saturated carbocycles. The molecule has 2 atom stereocenters. The molecule has 1 N–H and O–H groups in total. The van der Waals surface area contributed by atoms with Crippen LogP contribution in [-0.4, -0.2) is 26.0 Å². The molecule has 6 nitrogen and oxygen atoms in total. The van der Waals surface area contributed by atoms with Crippen molar-refractivity contribution in [3.05, 3.63) is 71.9 Å². The Morgan fingerprint density at radius 1 is 1.11 bits per heavy atom. The molecule has 0 fully saturated rings. The molecule has 1 aliphatic heterocycles. The third-order valence-electron chi connectivity index (χ3n) is 4.34. The van der Waals surface area contributed by atoms with E-state index >= 15 is 0 Å². The first kappa shape index (κ1) is 17.5. The zero-order valence-electron chi connectivity index (χ0n) is 14.8. The van der Waals surface area contributed by atoms with Gasteiger partial charge in [0.25, 0.3) is 5.91 Å². The second kappa shape index (κ2) is 7.36. The largest absolute Gasteiger partial charge is 0.481 e. The number of carbonyl (C=O) groups excluding carboxylic acids is 1. The Kier molecular flexibility index (Phi) is 4.77. The third kappa shape index (κ3) is 3.64. The Labute approximate surface area is 159 Å². The van der Waals surface area contributed by atoms with E-state index in [0.29, 0.717) is 23.1 Å². The molecule has 2 aromatic carbocycles. The summed E-state index contributed by atoms with van der Waals surface area (Å²) in [5, 5.41) is 7.51. The van der Waals surface area contributed by atoms with Crippen LogP contribution < -0.4 is 10.1 Å². The molecule has 0 aliphatic carbocycles. The quantitative estimate of drug-likeness (QED) is 0.737. The molecule has 0 saturated heterocycles. The maximum Gasteiger partial charge on any atom is 0.266 e. The Morgan fingerprint density at radius 3 is 2.48 bits per heavy atom. The molecule has 138 valence electrons. The van der Waals surface area contributed by atoms with Crippen LogP contribution >= 0.6 is 0 Å². The van der Waals surface area contributed by atoms with E-state index in [1.54, 1.807) is 23.7 Å². The number of para-hydroxylation sites is 2. The van der Waals surface area contributed by atoms with Gasteiger partial charge in [0.2, 0.25) is 0 Å². The topological polar surface area (TPSA) is 73.2 Å². The van der Waals surface area contributed by atoms with E-state index in [-0.39, 0.29) is 5.91 Å². The summed E-state index contributed by atoms with van der Waals surface area (Å²) in [5.41, 5.74) is 2.44. The second-order valence-electron chi connectivity index (χ2n) is 6.31. The van der Waals surface area contributed by atoms with Crippen molar-refractivity contribution in [2.45, 2.75) is 24.5 Å². The molecule has 0 radical (unpaired) electrons. The number of benzene rings is 2. The lowest BCUT2D eigenvalue weighted by molar-refractivity contribution is -0.122. The monoisotopic (exact) mass is 381 g/mol. The van der Waals surface area contributed by atoms with Gasteiger partial charge in [-0.1, -0.05) is 36.4 Å². The van der Waals surface area contributed by atoms with E-state index in [1.165, 1.54) is 0 Å². The summed E-state index contributed by atoms with van der Waals surface area (Å²) in [6.07, 6.45) is -0.686. The highest BCUT2D eigenvalue weighted by Crippen LogP contribution is 2.31. The van der Waals surface area contributed by atoms with Crippen LogP contribution in [0.25, 0.3) is 5.69 Å². The van der Waals surface area contributed by atoms with Crippen molar-refractivity contribution in [3.8, 4) is 11.4 Å². The van der Waals surface area contributed by atoms with Crippen molar-refractivity contribution in [1.82, 2.24) is 9.78 Å². The number of aromatic nitrogens is 2. The van der Waals surface area contributed by atoms with Gasteiger partial charge in [-0.25, -0.2) is 4.68 Å². The summed E-state index contributed by atoms with van der Waals surface area (Å²) in [5.74, 6) is 1.72. The van der Waals surface area contributed by atoms with E-state index in [1.807, 2.05) is 48.5 Å². The first-order chi connectivity index (χ1) is 13.1. The molecule has 4 rings (SSSR count). The standard InChI is InChI=1S/C20H19N3O3S/c1-14(26-16-10-6-3-7-11-16)20(24)21-19-17-12-27(25)13-18(17)22-23(19)15-8-4-2-5-9-15/h2-11,14H,12-13H2,1H3,(H,21,24)/t14-,27-/m1/s1. The maximum absolute atomic E-state index is 12.7. The van der Waals surface area contributed by atoms with Crippen molar-refractivity contribution in [1.29, 1.82) is 0 Å². The summed E-state index contributed by atoms with van der Waals surface area (Å²) in [6.45, 7) is 1.70. The fraction of sp³-hybridized carbons (Fsp3) is 0.200. The molecule has 27 heavy (non-hydrogen) atoms. The SMILES string of the molecule is C[C@@H](Oc1ccccc1)C(=O)Nc1c2c(nn1-c1ccccc1)C[S@](=O)C2. The molecule has 0 unspecified atom stereocenters. The van der Waals surface area contributed by atoms with Gasteiger partial charge in [-0.3, -0.25) is 9.00 Å². The number of nitrogens with one attached hydrogen (secondary N) is 1. The first-order valence-electron chi connectivity index (χ1n) is 8.65. The molecular formula is C20H19N3O3S. The maximum atomic E-state index is 12.7. The summed E-state index contributed by atoms with van der Waals surface area (Å²) < 4.78 is 19.4. The second-order valence-corrected chi connectivity index (χ2v) is 7.77. The normalized spacial score (nSPS) is 16.6. The van der Waals surface area contributed by atoms with Crippen LogP contribution in [0.15, 0.2) is 60.7 Å². The van der Waals surface area contributed by atoms with E-state index in [0.717, 1.165) is 16.9 Å². The van der Waals surface area contributed by atoms with Crippen molar-refractivity contribution >= 4 is 22.5 Å². The van der Waals surface area contributed by atoms with Crippen LogP contribution in [0.4, 0.5) is 5.82 Å². The number of amides is 1. The lowest BCUT2D eigenvalue weighted by Crippen LogP contribution is -2.31. The fourth-order valence-electron chi connectivity index (χ4n) is 2.99. The lowest BCUT2D eigenvalue weighted by Gasteiger charge is -2.16. The van der Waals surface area contributed by atoms with Gasteiger partial charge in [0.15, 0.2) is 6.10 Å². The van der Waals surface area contributed by atoms with Gasteiger partial charge in [0.1, 0.15) is 11.6 Å². The molecular weight excluding hydrogens is 362 g/mol. The lowest BCUT2D eigenvalue weighted by atomic mass is 10.2. The smallest absolute Gasteiger partial charge is 0.266 e. The number of nitrogens with zero attached hydrogens (tertiary/aromatic N) is 2. The van der Waals surface area contributed by atoms with Crippen molar-refractivity contribution in [3.63, 3.8) is 0 Å². The van der Waals surface area contributed by atoms with Crippen molar-refractivity contribution in [2.24, 2.45) is 0 Å². The molecule has 0 spiro atoms. The average molecular weight is 381 g/mol. The van der Waals surface area contributed by atoms with Crippen LogP contribution in [0.2, 0.25) is 0 Å². The van der Waals surface area contributed by atoms with Crippen LogP contribution in [0.5, 0.6) is 5.75 Å². The highest BCUT2D eigenvalue weighted by Gasteiger charge is 2.29. The zero-order chi connectivity index (χ0) is 18.8. The molecule has 3 aromatic rings. The predicted molar refractivity (Wildman–Crippen MR) is 104 cm³/mol. The summed E-state index contributed by atoms with van der Waals surface area (Å²) >= 11 is 0. The Balaban J connectivity index is 1.61. The minimum atomic E-state index is -0.979. The number of hydrogen-bond acceptors (Lipinski definition) is 4. The number of rotatable bonds is 5. The Hall–Kier alpha value is -2.93. The van der Waals surface area contributed by atoms with Gasteiger partial charge in [0.05, 0.1) is 22.9 Å². The van der Waals surface area contributed by atoms with Crippen molar-refractivity contribution in [2.75, 3.05) is 5.32 Å². The van der Waals surface area contributed by atoms with Gasteiger partial charge in [-0.2, -0.15) is 5.10 Å². The van der Waals surface area contributed by atoms with E-state index < -0.39 is 16.9 Å². The zero-order valence-corrected chi connectivity index (χ0v) is 15.6. The molecule has 2 heterocycles. The Bertz CT molecular complexity index is 986. The Morgan fingerprint density at radius 2 is 1.78 bits per heavy atom. The summed E-state index contributed by atoms with van der Waals surface area (Å²) in [6, 6.07) is 18.8. The number of hydrogen-bond donors (Lipinski definition) is 1. The number of fused-ring (bicyclic) bond motifs is 1. The van der Waals surface area contributed by atoms with Crippen LogP contribution in [-0.2, 0) is 27.1 Å². The highest BCUT2D eigenvalue weighted by atomic mass is 32.2. The molecule has 1 aliphatic rings. The number of carbonyl (C=O) groups is 1. The van der Waals surface area contributed by atoms with Gasteiger partial charge in [-0.15, -0.1) is 0 Å². The minimum Gasteiger partial charge on any atom is -0.481 e. The highest BCUT2D eigenvalue weighted by molar-refractivity contribution is 7.83. The third-order valence-corrected chi connectivity index (χ3v) is 5.54. The average Bonchev–Trinajstić information content (AvgIpc) is 3.20. The number of anilines is 1. The molecule has 1 aromatic heterocycles. The summed E-state index contributed by atoms with van der Waals surface area (Å²) in [4.78, 5) is 12.7. The van der Waals surface area contributed by atoms with Crippen LogP contribution in [0.3, 0.4) is 0 Å². The van der Waals surface area contributed by atoms with E-state index in [2.05, 4.69) is 10.4 Å². The van der Waals surface area contributed by atoms with Gasteiger partial charge in [-0.05, 0) is 31.2 Å². The molecule has 1 amide bonds. The van der Waals surface area contributed by atoms with Crippen molar-refractivity contribution < 1.29 is 13.7 Å². The molecule has 0 bridgehead atoms. The van der Waals surface area contributed by atoms with Gasteiger partial charge in [0, 0.05) is 16.4 Å². The van der Waals surface area contributed by atoms with E-state index in [9.17, 15) is 9.00 Å². The molecule has 7 heteroatoms. The van der Waals surface area contributed by atoms with Crippen LogP contribution in [0.1, 0.15) is 18.2 Å². The van der Waals surface area contributed by atoms with E-state index in [4.69, 9.17) is 4.74 Å². The predicted octanol–water partition coefficient (Wildman–Crippen LogP) is 3.04. The van der Waals surface area contributed by atoms with Gasteiger partial charge < -0.3 is 10.1 Å². The minimum absolute atomic E-state index is 0.281. The first-order valence-corrected chi connectivity index (χ1v) is 10.1. The fourth-order valence-corrected chi connectivity index (χ4v) is 4.25.